The number of rotatable bonds is 6. The van der Waals surface area contributed by atoms with Gasteiger partial charge in [0.15, 0.2) is 26.3 Å². The summed E-state index contributed by atoms with van der Waals surface area (Å²) in [5, 5.41) is -0.274. The normalized spacial score (nSPS) is 17.2. The van der Waals surface area contributed by atoms with Gasteiger partial charge in [-0.2, -0.15) is 4.98 Å². The molecule has 3 aromatic heterocycles. The molecule has 2 N–H and O–H groups in total. The third kappa shape index (κ3) is 4.98. The Morgan fingerprint density at radius 1 is 1.14 bits per heavy atom. The van der Waals surface area contributed by atoms with Gasteiger partial charge in [-0.05, 0) is 61.6 Å². The zero-order valence-electron chi connectivity index (χ0n) is 24.0. The van der Waals surface area contributed by atoms with E-state index in [9.17, 15) is 18.0 Å². The third-order valence-corrected chi connectivity index (χ3v) is 8.99. The number of fused-ring (bicyclic) bond motifs is 1. The first-order valence-corrected chi connectivity index (χ1v) is 15.8. The fraction of sp³-hybridized carbons (Fsp3) is 0.300. The summed E-state index contributed by atoms with van der Waals surface area (Å²) in [6.07, 6.45) is 5.10. The predicted molar refractivity (Wildman–Crippen MR) is 161 cm³/mol. The Morgan fingerprint density at radius 2 is 1.89 bits per heavy atom. The number of amides is 1. The van der Waals surface area contributed by atoms with Crippen molar-refractivity contribution >= 4 is 38.3 Å². The Bertz CT molecular complexity index is 2010. The quantitative estimate of drug-likeness (QED) is 0.254. The van der Waals surface area contributed by atoms with Gasteiger partial charge in [0.25, 0.3) is 0 Å². The van der Waals surface area contributed by atoms with Gasteiger partial charge in [-0.3, -0.25) is 4.79 Å². The van der Waals surface area contributed by atoms with Crippen LogP contribution in [0, 0.1) is 11.6 Å². The van der Waals surface area contributed by atoms with Crippen molar-refractivity contribution in [2.45, 2.75) is 36.8 Å². The van der Waals surface area contributed by atoms with Crippen LogP contribution in [0.1, 0.15) is 31.2 Å². The lowest BCUT2D eigenvalue weighted by molar-refractivity contribution is -0.126. The monoisotopic (exact) mass is 621 g/mol. The number of piperazine rings is 1. The molecule has 44 heavy (non-hydrogen) atoms. The van der Waals surface area contributed by atoms with Crippen LogP contribution in [0.2, 0.25) is 0 Å². The van der Waals surface area contributed by atoms with E-state index < -0.39 is 32.9 Å². The van der Waals surface area contributed by atoms with Crippen LogP contribution < -0.4 is 16.3 Å². The highest BCUT2D eigenvalue weighted by Crippen LogP contribution is 2.44. The highest BCUT2D eigenvalue weighted by Gasteiger charge is 2.34. The Hall–Kier alpha value is -4.72. The van der Waals surface area contributed by atoms with E-state index in [1.165, 1.54) is 24.4 Å². The minimum Gasteiger partial charge on any atom is -0.398 e. The molecule has 1 saturated heterocycles. The van der Waals surface area contributed by atoms with Gasteiger partial charge in [-0.1, -0.05) is 12.6 Å². The average molecular weight is 622 g/mol. The van der Waals surface area contributed by atoms with Crippen LogP contribution in [0.4, 0.5) is 20.3 Å². The van der Waals surface area contributed by atoms with E-state index in [1.54, 1.807) is 15.9 Å². The van der Waals surface area contributed by atoms with Gasteiger partial charge in [0, 0.05) is 43.8 Å². The van der Waals surface area contributed by atoms with Gasteiger partial charge in [0.1, 0.15) is 17.3 Å². The first-order valence-electron chi connectivity index (χ1n) is 14.0. The molecule has 6 rings (SSSR count). The van der Waals surface area contributed by atoms with Gasteiger partial charge in [0.05, 0.1) is 16.6 Å². The van der Waals surface area contributed by atoms with E-state index in [0.717, 1.165) is 35.8 Å². The molecule has 1 saturated carbocycles. The summed E-state index contributed by atoms with van der Waals surface area (Å²) in [7, 11) is -3.97. The Balaban J connectivity index is 1.69. The molecule has 0 radical (unpaired) electrons. The van der Waals surface area contributed by atoms with E-state index >= 15 is 8.78 Å². The van der Waals surface area contributed by atoms with Crippen molar-refractivity contribution in [2.75, 3.05) is 36.5 Å². The standard InChI is InChI=1S/C30H29F2N7O4S/c1-4-23(40)37-12-13-38(16(2)15-37)27-19-14-21(32)25(24-20(31)6-5-7-22(24)33)35-28(19)39(30(41)36-27)26-18(17-8-9-17)10-11-34-29(26)44(3,42)43/h4-7,10-11,14,16-17H,1,8-9,12-13,15,33H2,2-3H3/t16-/m0/s1. The van der Waals surface area contributed by atoms with Gasteiger partial charge in [-0.15, -0.1) is 0 Å². The van der Waals surface area contributed by atoms with Gasteiger partial charge in [-0.25, -0.2) is 36.5 Å². The lowest BCUT2D eigenvalue weighted by atomic mass is 10.1. The van der Waals surface area contributed by atoms with E-state index in [4.69, 9.17) is 5.73 Å². The zero-order chi connectivity index (χ0) is 31.5. The van der Waals surface area contributed by atoms with Crippen LogP contribution in [0.25, 0.3) is 28.0 Å². The number of sulfone groups is 1. The minimum atomic E-state index is -3.97. The van der Waals surface area contributed by atoms with Crippen molar-refractivity contribution in [2.24, 2.45) is 0 Å². The summed E-state index contributed by atoms with van der Waals surface area (Å²) in [4.78, 5) is 42.6. The van der Waals surface area contributed by atoms with Crippen LogP contribution in [0.3, 0.4) is 0 Å². The summed E-state index contributed by atoms with van der Waals surface area (Å²) in [6.45, 7) is 6.19. The number of benzene rings is 1. The summed E-state index contributed by atoms with van der Waals surface area (Å²) >= 11 is 0. The molecule has 2 fully saturated rings. The summed E-state index contributed by atoms with van der Waals surface area (Å²) in [6, 6.07) is 6.28. The van der Waals surface area contributed by atoms with E-state index in [-0.39, 0.29) is 76.3 Å². The Kier molecular flexibility index (Phi) is 7.19. The maximum absolute atomic E-state index is 16.0. The number of nitrogens with two attached hydrogens (primary N) is 1. The number of hydrogen-bond donors (Lipinski definition) is 1. The molecular formula is C30H29F2N7O4S. The van der Waals surface area contributed by atoms with Crippen LogP contribution in [-0.2, 0) is 14.6 Å². The second-order valence-corrected chi connectivity index (χ2v) is 13.0. The smallest absolute Gasteiger partial charge is 0.355 e. The van der Waals surface area contributed by atoms with E-state index in [2.05, 4.69) is 21.5 Å². The molecule has 0 spiro atoms. The molecule has 11 nitrogen and oxygen atoms in total. The molecule has 4 heterocycles. The Morgan fingerprint density at radius 3 is 2.52 bits per heavy atom. The topological polar surface area (TPSA) is 144 Å². The number of halogens is 2. The van der Waals surface area contributed by atoms with Crippen LogP contribution in [-0.4, -0.2) is 70.7 Å². The highest BCUT2D eigenvalue weighted by molar-refractivity contribution is 7.90. The second kappa shape index (κ2) is 10.8. The number of pyridine rings is 2. The molecule has 0 bridgehead atoms. The maximum atomic E-state index is 16.0. The molecule has 1 aromatic carbocycles. The van der Waals surface area contributed by atoms with Crippen molar-refractivity contribution in [1.29, 1.82) is 0 Å². The number of carbonyl (C=O) groups excluding carboxylic acids is 1. The minimum absolute atomic E-state index is 0.0208. The SMILES string of the molecule is C=CC(=O)N1CCN(c2nc(=O)n(-c3c(C4CC4)ccnc3S(C)(=O)=O)c3nc(-c4c(N)cccc4F)c(F)cc23)[C@@H](C)C1. The molecule has 1 atom stereocenters. The summed E-state index contributed by atoms with van der Waals surface area (Å²) in [5.41, 5.74) is 4.73. The fourth-order valence-corrected chi connectivity index (χ4v) is 6.57. The molecule has 1 amide bonds. The molecule has 1 aliphatic heterocycles. The van der Waals surface area contributed by atoms with Crippen LogP contribution >= 0.6 is 0 Å². The van der Waals surface area contributed by atoms with Crippen molar-refractivity contribution < 1.29 is 22.0 Å². The first kappa shape index (κ1) is 29.4. The molecule has 0 unspecified atom stereocenters. The number of hydrogen-bond acceptors (Lipinski definition) is 9. The molecule has 14 heteroatoms. The first-order chi connectivity index (χ1) is 20.9. The van der Waals surface area contributed by atoms with Crippen molar-refractivity contribution in [3.05, 3.63) is 76.9 Å². The Labute approximate surface area is 251 Å². The number of nitrogen functional groups attached to an aromatic ring is 1. The van der Waals surface area contributed by atoms with Gasteiger partial charge < -0.3 is 15.5 Å². The van der Waals surface area contributed by atoms with Crippen LogP contribution in [0.15, 0.2) is 59.0 Å². The largest absolute Gasteiger partial charge is 0.398 e. The lowest BCUT2D eigenvalue weighted by Gasteiger charge is -2.40. The van der Waals surface area contributed by atoms with Crippen molar-refractivity contribution in [3.63, 3.8) is 0 Å². The van der Waals surface area contributed by atoms with Crippen molar-refractivity contribution in [3.8, 4) is 16.9 Å². The zero-order valence-corrected chi connectivity index (χ0v) is 24.8. The number of carbonyl (C=O) groups is 1. The summed E-state index contributed by atoms with van der Waals surface area (Å²) in [5.74, 6) is -1.94. The molecule has 2 aliphatic rings. The van der Waals surface area contributed by atoms with Gasteiger partial charge >= 0.3 is 5.69 Å². The third-order valence-electron chi connectivity index (χ3n) is 7.98. The van der Waals surface area contributed by atoms with E-state index in [0.29, 0.717) is 5.56 Å². The van der Waals surface area contributed by atoms with Crippen molar-refractivity contribution in [1.82, 2.24) is 24.4 Å². The molecule has 228 valence electrons. The van der Waals surface area contributed by atoms with E-state index in [1.807, 2.05) is 6.92 Å². The molecule has 4 aromatic rings. The summed E-state index contributed by atoms with van der Waals surface area (Å²) < 4.78 is 58.0. The highest BCUT2D eigenvalue weighted by atomic mass is 32.2. The predicted octanol–water partition coefficient (Wildman–Crippen LogP) is 3.21. The second-order valence-electron chi connectivity index (χ2n) is 11.1. The number of nitrogens with zero attached hydrogens (tertiary/aromatic N) is 6. The molecule has 1 aliphatic carbocycles. The lowest BCUT2D eigenvalue weighted by Crippen LogP contribution is -2.54. The van der Waals surface area contributed by atoms with Gasteiger partial charge in [0.2, 0.25) is 5.91 Å². The number of aromatic nitrogens is 4. The fourth-order valence-electron chi connectivity index (χ4n) is 5.76. The maximum Gasteiger partial charge on any atom is 0.355 e. The average Bonchev–Trinajstić information content (AvgIpc) is 3.82. The number of anilines is 2. The molecular weight excluding hydrogens is 592 g/mol. The van der Waals surface area contributed by atoms with Crippen LogP contribution in [0.5, 0.6) is 0 Å².